The first kappa shape index (κ1) is 25.5. The second-order valence-corrected chi connectivity index (χ2v) is 9.84. The van der Waals surface area contributed by atoms with Crippen LogP contribution in [-0.2, 0) is 9.59 Å². The molecule has 0 aliphatic carbocycles. The number of hydrogen-bond donors (Lipinski definition) is 3. The third kappa shape index (κ3) is 5.55. The molecule has 0 saturated carbocycles. The van der Waals surface area contributed by atoms with E-state index in [9.17, 15) is 9.59 Å². The highest BCUT2D eigenvalue weighted by Gasteiger charge is 2.29. The Kier molecular flexibility index (Phi) is 7.41. The first-order chi connectivity index (χ1) is 18.4. The number of nitrogens with zero attached hydrogens (tertiary/aromatic N) is 5. The van der Waals surface area contributed by atoms with Crippen molar-refractivity contribution in [3.8, 4) is 11.3 Å². The summed E-state index contributed by atoms with van der Waals surface area (Å²) < 4.78 is 0. The molecule has 2 atom stereocenters. The second kappa shape index (κ2) is 11.1. The Morgan fingerprint density at radius 1 is 0.947 bits per heavy atom. The van der Waals surface area contributed by atoms with E-state index in [-0.39, 0.29) is 17.9 Å². The SMILES string of the molecule is C[C@H](N)C(=O)N1CCN(c2ccc(Nc3nccc(-c4ccc(N5CCC[C@@H]5C(N)=O)cc4)n3)cc2)CC1. The molecule has 5 N–H and O–H groups in total. The zero-order valence-corrected chi connectivity index (χ0v) is 21.6. The highest BCUT2D eigenvalue weighted by atomic mass is 16.2. The lowest BCUT2D eigenvalue weighted by molar-refractivity contribution is -0.132. The Bertz CT molecular complexity index is 1270. The predicted octanol–water partition coefficient (Wildman–Crippen LogP) is 2.34. The minimum Gasteiger partial charge on any atom is -0.368 e. The van der Waals surface area contributed by atoms with Crippen molar-refractivity contribution < 1.29 is 9.59 Å². The molecule has 10 nitrogen and oxygen atoms in total. The minimum atomic E-state index is -0.460. The van der Waals surface area contributed by atoms with E-state index in [1.54, 1.807) is 13.1 Å². The van der Waals surface area contributed by atoms with Crippen molar-refractivity contribution in [2.45, 2.75) is 31.8 Å². The molecule has 3 heterocycles. The maximum Gasteiger partial charge on any atom is 0.240 e. The summed E-state index contributed by atoms with van der Waals surface area (Å²) in [5, 5.41) is 3.29. The van der Waals surface area contributed by atoms with Crippen LogP contribution in [0.15, 0.2) is 60.8 Å². The maximum atomic E-state index is 12.1. The second-order valence-electron chi connectivity index (χ2n) is 9.84. The van der Waals surface area contributed by atoms with E-state index in [1.807, 2.05) is 47.4 Å². The zero-order chi connectivity index (χ0) is 26.6. The first-order valence-corrected chi connectivity index (χ1v) is 13.0. The van der Waals surface area contributed by atoms with Crippen molar-refractivity contribution in [3.05, 3.63) is 60.8 Å². The fourth-order valence-corrected chi connectivity index (χ4v) is 5.13. The molecular formula is C28H34N8O2. The monoisotopic (exact) mass is 514 g/mol. The third-order valence-corrected chi connectivity index (χ3v) is 7.20. The Morgan fingerprint density at radius 2 is 1.63 bits per heavy atom. The smallest absolute Gasteiger partial charge is 0.240 e. The number of carbonyl (C=O) groups is 2. The van der Waals surface area contributed by atoms with Gasteiger partial charge in [-0.2, -0.15) is 0 Å². The fraction of sp³-hybridized carbons (Fsp3) is 0.357. The van der Waals surface area contributed by atoms with E-state index in [0.717, 1.165) is 60.8 Å². The molecule has 2 amide bonds. The summed E-state index contributed by atoms with van der Waals surface area (Å²) in [7, 11) is 0. The molecule has 3 aromatic rings. The van der Waals surface area contributed by atoms with Gasteiger partial charge in [0.05, 0.1) is 11.7 Å². The summed E-state index contributed by atoms with van der Waals surface area (Å²) in [6.07, 6.45) is 3.49. The summed E-state index contributed by atoms with van der Waals surface area (Å²) in [4.78, 5) is 39.1. The summed E-state index contributed by atoms with van der Waals surface area (Å²) in [5.41, 5.74) is 16.1. The van der Waals surface area contributed by atoms with Gasteiger partial charge in [-0.15, -0.1) is 0 Å². The molecule has 0 radical (unpaired) electrons. The van der Waals surface area contributed by atoms with E-state index in [2.05, 4.69) is 32.2 Å². The van der Waals surface area contributed by atoms with Gasteiger partial charge >= 0.3 is 0 Å². The third-order valence-electron chi connectivity index (χ3n) is 7.20. The standard InChI is InChI=1S/C28H34N8O2/c1-19(29)27(38)35-17-15-34(16-18-35)22-10-6-21(7-11-22)32-28-31-13-12-24(33-28)20-4-8-23(9-5-20)36-14-2-3-25(36)26(30)37/h4-13,19,25H,2-3,14-18,29H2,1H3,(H2,30,37)(H,31,32,33)/t19-,25+/m0/s1. The predicted molar refractivity (Wildman–Crippen MR) is 149 cm³/mol. The van der Waals surface area contributed by atoms with Crippen molar-refractivity contribution in [2.24, 2.45) is 11.5 Å². The summed E-state index contributed by atoms with van der Waals surface area (Å²) in [5.74, 6) is 0.240. The van der Waals surface area contributed by atoms with Gasteiger partial charge in [0.1, 0.15) is 6.04 Å². The normalized spacial score (nSPS) is 18.4. The number of amides is 2. The van der Waals surface area contributed by atoms with E-state index in [0.29, 0.717) is 19.0 Å². The van der Waals surface area contributed by atoms with Gasteiger partial charge in [0, 0.05) is 61.5 Å². The number of carbonyl (C=O) groups excluding carboxylic acids is 2. The first-order valence-electron chi connectivity index (χ1n) is 13.0. The molecule has 5 rings (SSSR count). The summed E-state index contributed by atoms with van der Waals surface area (Å²) in [6, 6.07) is 17.3. The van der Waals surface area contributed by atoms with Crippen LogP contribution in [0.5, 0.6) is 0 Å². The Morgan fingerprint density at radius 3 is 2.29 bits per heavy atom. The van der Waals surface area contributed by atoms with E-state index < -0.39 is 6.04 Å². The quantitative estimate of drug-likeness (QED) is 0.438. The number of rotatable bonds is 7. The molecule has 1 aromatic heterocycles. The van der Waals surface area contributed by atoms with Crippen LogP contribution in [0.2, 0.25) is 0 Å². The molecule has 2 fully saturated rings. The van der Waals surface area contributed by atoms with E-state index >= 15 is 0 Å². The summed E-state index contributed by atoms with van der Waals surface area (Å²) in [6.45, 7) is 5.45. The number of hydrogen-bond acceptors (Lipinski definition) is 8. The molecule has 0 spiro atoms. The van der Waals surface area contributed by atoms with Crippen LogP contribution in [0.25, 0.3) is 11.3 Å². The largest absolute Gasteiger partial charge is 0.368 e. The van der Waals surface area contributed by atoms with Crippen LogP contribution < -0.4 is 26.6 Å². The lowest BCUT2D eigenvalue weighted by Crippen LogP contribution is -2.52. The van der Waals surface area contributed by atoms with Gasteiger partial charge in [0.25, 0.3) is 0 Å². The van der Waals surface area contributed by atoms with Crippen LogP contribution in [0, 0.1) is 0 Å². The lowest BCUT2D eigenvalue weighted by Gasteiger charge is -2.36. The van der Waals surface area contributed by atoms with Crippen LogP contribution in [0.1, 0.15) is 19.8 Å². The fourth-order valence-electron chi connectivity index (χ4n) is 5.13. The van der Waals surface area contributed by atoms with Crippen molar-refractivity contribution in [2.75, 3.05) is 47.8 Å². The molecule has 2 aromatic carbocycles. The van der Waals surface area contributed by atoms with E-state index in [1.165, 1.54) is 0 Å². The van der Waals surface area contributed by atoms with Crippen LogP contribution in [0.4, 0.5) is 23.0 Å². The molecule has 0 bridgehead atoms. The van der Waals surface area contributed by atoms with Gasteiger partial charge < -0.3 is 31.5 Å². The molecule has 198 valence electrons. The van der Waals surface area contributed by atoms with Gasteiger partial charge in [-0.25, -0.2) is 9.97 Å². The van der Waals surface area contributed by atoms with Gasteiger partial charge in [0.2, 0.25) is 17.8 Å². The summed E-state index contributed by atoms with van der Waals surface area (Å²) >= 11 is 0. The molecular weight excluding hydrogens is 480 g/mol. The van der Waals surface area contributed by atoms with Gasteiger partial charge in [-0.1, -0.05) is 12.1 Å². The molecule has 2 saturated heterocycles. The number of piperazine rings is 1. The van der Waals surface area contributed by atoms with Crippen molar-refractivity contribution in [3.63, 3.8) is 0 Å². The van der Waals surface area contributed by atoms with Gasteiger partial charge in [-0.3, -0.25) is 9.59 Å². The highest BCUT2D eigenvalue weighted by molar-refractivity contribution is 5.84. The average Bonchev–Trinajstić information content (AvgIpc) is 3.44. The van der Waals surface area contributed by atoms with Crippen LogP contribution >= 0.6 is 0 Å². The van der Waals surface area contributed by atoms with E-state index in [4.69, 9.17) is 16.5 Å². The highest BCUT2D eigenvalue weighted by Crippen LogP contribution is 2.28. The van der Waals surface area contributed by atoms with Crippen molar-refractivity contribution in [1.82, 2.24) is 14.9 Å². The number of nitrogens with one attached hydrogen (secondary N) is 1. The van der Waals surface area contributed by atoms with Crippen LogP contribution in [-0.4, -0.2) is 71.5 Å². The topological polar surface area (TPSA) is 134 Å². The van der Waals surface area contributed by atoms with Crippen molar-refractivity contribution in [1.29, 1.82) is 0 Å². The van der Waals surface area contributed by atoms with Crippen LogP contribution in [0.3, 0.4) is 0 Å². The molecule has 2 aliphatic rings. The molecule has 38 heavy (non-hydrogen) atoms. The number of primary amides is 1. The Hall–Kier alpha value is -4.18. The van der Waals surface area contributed by atoms with Gasteiger partial charge in [0.15, 0.2) is 0 Å². The van der Waals surface area contributed by atoms with Gasteiger partial charge in [-0.05, 0) is 62.2 Å². The molecule has 10 heteroatoms. The number of aromatic nitrogens is 2. The zero-order valence-electron chi connectivity index (χ0n) is 21.6. The minimum absolute atomic E-state index is 0.00526. The molecule has 0 unspecified atom stereocenters. The Balaban J connectivity index is 1.21. The number of nitrogens with two attached hydrogens (primary N) is 2. The maximum absolute atomic E-state index is 12.1. The molecule has 2 aliphatic heterocycles. The van der Waals surface area contributed by atoms with Crippen molar-refractivity contribution >= 4 is 34.8 Å². The average molecular weight is 515 g/mol. The number of benzene rings is 2. The lowest BCUT2D eigenvalue weighted by atomic mass is 10.1. The number of anilines is 4. The Labute approximate surface area is 222 Å².